The molecule has 1 N–H and O–H groups in total. The third-order valence-electron chi connectivity index (χ3n) is 3.48. The van der Waals surface area contributed by atoms with Crippen LogP contribution in [0.25, 0.3) is 0 Å². The Hall–Kier alpha value is -2.94. The molecule has 1 amide bonds. The molecule has 3 rings (SSSR count). The van der Waals surface area contributed by atoms with Crippen molar-refractivity contribution in [3.8, 4) is 0 Å². The molecule has 9 heteroatoms. The van der Waals surface area contributed by atoms with E-state index in [1.54, 1.807) is 34.6 Å². The highest BCUT2D eigenvalue weighted by Crippen LogP contribution is 2.19. The molecule has 0 aliphatic heterocycles. The lowest BCUT2D eigenvalue weighted by molar-refractivity contribution is -0.133. The lowest BCUT2D eigenvalue weighted by Gasteiger charge is -2.21. The van der Waals surface area contributed by atoms with Crippen molar-refractivity contribution in [2.24, 2.45) is 0 Å². The molecule has 3 aromatic heterocycles. The number of aromatic carboxylic acids is 1. The van der Waals surface area contributed by atoms with Crippen molar-refractivity contribution in [2.75, 3.05) is 0 Å². The summed E-state index contributed by atoms with van der Waals surface area (Å²) in [7, 11) is 0. The number of hydrogen-bond acceptors (Lipinski definition) is 6. The number of thiophene rings is 1. The van der Waals surface area contributed by atoms with Gasteiger partial charge in [0.25, 0.3) is 0 Å². The number of carbonyl (C=O) groups excluding carboxylic acids is 1. The summed E-state index contributed by atoms with van der Waals surface area (Å²) in [4.78, 5) is 27.4. The highest BCUT2D eigenvalue weighted by Gasteiger charge is 2.19. The quantitative estimate of drug-likeness (QED) is 0.693. The summed E-state index contributed by atoms with van der Waals surface area (Å²) < 4.78 is 6.56. The van der Waals surface area contributed by atoms with Crippen molar-refractivity contribution in [1.82, 2.24) is 19.9 Å². The van der Waals surface area contributed by atoms with E-state index in [1.807, 2.05) is 19.1 Å². The first kappa shape index (κ1) is 16.9. The zero-order chi connectivity index (χ0) is 17.8. The summed E-state index contributed by atoms with van der Waals surface area (Å²) >= 11 is 1.62. The number of furan rings is 1. The second-order valence-corrected chi connectivity index (χ2v) is 6.82. The number of aromatic nitrogens is 3. The van der Waals surface area contributed by atoms with Crippen LogP contribution in [0.4, 0.5) is 0 Å². The van der Waals surface area contributed by atoms with E-state index in [9.17, 15) is 9.59 Å². The van der Waals surface area contributed by atoms with Gasteiger partial charge in [-0.05, 0) is 31.2 Å². The molecule has 0 radical (unpaired) electrons. The Labute approximate surface area is 147 Å². The number of carboxylic acid groups (broad SMARTS) is 1. The third kappa shape index (κ3) is 4.32. The van der Waals surface area contributed by atoms with Crippen LogP contribution in [0.3, 0.4) is 0 Å². The number of carbonyl (C=O) groups is 2. The van der Waals surface area contributed by atoms with Crippen LogP contribution in [0.5, 0.6) is 0 Å². The van der Waals surface area contributed by atoms with Crippen molar-refractivity contribution >= 4 is 23.2 Å². The molecule has 0 unspecified atom stereocenters. The van der Waals surface area contributed by atoms with Crippen LogP contribution >= 0.6 is 11.3 Å². The van der Waals surface area contributed by atoms with Gasteiger partial charge in [-0.3, -0.25) is 4.79 Å². The molecule has 0 atom stereocenters. The molecule has 0 spiro atoms. The third-order valence-corrected chi connectivity index (χ3v) is 4.46. The molecule has 0 saturated heterocycles. The average molecular weight is 360 g/mol. The van der Waals surface area contributed by atoms with Gasteiger partial charge in [0.05, 0.1) is 25.5 Å². The molecule has 0 aliphatic carbocycles. The van der Waals surface area contributed by atoms with E-state index >= 15 is 0 Å². The van der Waals surface area contributed by atoms with Crippen molar-refractivity contribution < 1.29 is 19.1 Å². The first-order chi connectivity index (χ1) is 12.0. The largest absolute Gasteiger partial charge is 0.476 e. The van der Waals surface area contributed by atoms with Gasteiger partial charge in [0, 0.05) is 9.75 Å². The maximum Gasteiger partial charge on any atom is 0.358 e. The van der Waals surface area contributed by atoms with Crippen molar-refractivity contribution in [1.29, 1.82) is 0 Å². The van der Waals surface area contributed by atoms with Gasteiger partial charge < -0.3 is 14.4 Å². The second-order valence-electron chi connectivity index (χ2n) is 5.45. The topological polar surface area (TPSA) is 101 Å². The number of rotatable bonds is 7. The first-order valence-electron chi connectivity index (χ1n) is 7.50. The molecule has 8 nitrogen and oxygen atoms in total. The van der Waals surface area contributed by atoms with Gasteiger partial charge in [0.1, 0.15) is 12.3 Å². The molecule has 25 heavy (non-hydrogen) atoms. The fraction of sp³-hybridized carbons (Fsp3) is 0.250. The summed E-state index contributed by atoms with van der Waals surface area (Å²) in [5.74, 6) is -0.712. The molecule has 0 bridgehead atoms. The normalized spacial score (nSPS) is 10.8. The minimum Gasteiger partial charge on any atom is -0.476 e. The fourth-order valence-corrected chi connectivity index (χ4v) is 3.20. The number of hydrogen-bond donors (Lipinski definition) is 1. The Kier molecular flexibility index (Phi) is 4.94. The molecule has 130 valence electrons. The highest BCUT2D eigenvalue weighted by molar-refractivity contribution is 7.11. The van der Waals surface area contributed by atoms with E-state index in [-0.39, 0.29) is 18.1 Å². The van der Waals surface area contributed by atoms with Gasteiger partial charge >= 0.3 is 5.97 Å². The summed E-state index contributed by atoms with van der Waals surface area (Å²) in [5.41, 5.74) is -0.195. The molecular formula is C16H16N4O4S. The van der Waals surface area contributed by atoms with Gasteiger partial charge in [0.2, 0.25) is 5.91 Å². The Balaban J connectivity index is 1.74. The van der Waals surface area contributed by atoms with Crippen molar-refractivity contribution in [2.45, 2.75) is 26.6 Å². The molecule has 3 aromatic rings. The van der Waals surface area contributed by atoms with Crippen molar-refractivity contribution in [3.63, 3.8) is 0 Å². The van der Waals surface area contributed by atoms with Gasteiger partial charge in [-0.1, -0.05) is 5.21 Å². The highest BCUT2D eigenvalue weighted by atomic mass is 32.1. The molecular weight excluding hydrogens is 344 g/mol. The maximum atomic E-state index is 12.7. The van der Waals surface area contributed by atoms with Crippen LogP contribution in [0, 0.1) is 6.92 Å². The molecule has 0 fully saturated rings. The Morgan fingerprint density at radius 2 is 2.16 bits per heavy atom. The van der Waals surface area contributed by atoms with Crippen molar-refractivity contribution in [3.05, 3.63) is 57.9 Å². The Bertz CT molecular complexity index is 868. The molecule has 0 aromatic carbocycles. The summed E-state index contributed by atoms with van der Waals surface area (Å²) in [6, 6.07) is 7.56. The van der Waals surface area contributed by atoms with E-state index in [4.69, 9.17) is 9.52 Å². The van der Waals surface area contributed by atoms with E-state index in [0.29, 0.717) is 18.8 Å². The summed E-state index contributed by atoms with van der Waals surface area (Å²) in [5, 5.41) is 16.1. The minimum absolute atomic E-state index is 0.0919. The molecule has 0 saturated carbocycles. The Morgan fingerprint density at radius 3 is 2.76 bits per heavy atom. The van der Waals surface area contributed by atoms with Gasteiger partial charge in [-0.25, -0.2) is 9.48 Å². The zero-order valence-electron chi connectivity index (χ0n) is 13.5. The lowest BCUT2D eigenvalue weighted by atomic mass is 10.3. The van der Waals surface area contributed by atoms with E-state index in [0.717, 1.165) is 4.88 Å². The predicted octanol–water partition coefficient (Wildman–Crippen LogP) is 2.17. The Morgan fingerprint density at radius 1 is 1.32 bits per heavy atom. The lowest BCUT2D eigenvalue weighted by Crippen LogP contribution is -2.32. The number of carboxylic acids is 1. The number of amides is 1. The van der Waals surface area contributed by atoms with Gasteiger partial charge in [-0.2, -0.15) is 0 Å². The van der Waals surface area contributed by atoms with E-state index in [1.165, 1.54) is 15.8 Å². The van der Waals surface area contributed by atoms with Crippen LogP contribution in [0.15, 0.2) is 41.1 Å². The standard InChI is InChI=1S/C16H16N4O4S/c1-11-4-5-13(25-11)8-19(7-12-3-2-6-24-12)15(21)10-20-9-14(16(22)23)17-18-20/h2-6,9H,7-8,10H2,1H3,(H,22,23). The van der Waals surface area contributed by atoms with Gasteiger partial charge in [-0.15, -0.1) is 16.4 Å². The van der Waals surface area contributed by atoms with Gasteiger partial charge in [0.15, 0.2) is 5.69 Å². The second kappa shape index (κ2) is 7.31. The maximum absolute atomic E-state index is 12.7. The molecule has 0 aliphatic rings. The first-order valence-corrected chi connectivity index (χ1v) is 8.32. The number of aryl methyl sites for hydroxylation is 1. The summed E-state index contributed by atoms with van der Waals surface area (Å²) in [6.45, 7) is 2.68. The van der Waals surface area contributed by atoms with Crippen LogP contribution in [0.1, 0.15) is 26.0 Å². The average Bonchev–Trinajstić information content (AvgIpc) is 3.29. The predicted molar refractivity (Wildman–Crippen MR) is 89.0 cm³/mol. The van der Waals surface area contributed by atoms with Crippen LogP contribution in [0.2, 0.25) is 0 Å². The van der Waals surface area contributed by atoms with Crippen LogP contribution < -0.4 is 0 Å². The molecule has 3 heterocycles. The number of nitrogens with zero attached hydrogens (tertiary/aromatic N) is 4. The fourth-order valence-electron chi connectivity index (χ4n) is 2.29. The van der Waals surface area contributed by atoms with E-state index < -0.39 is 5.97 Å². The zero-order valence-corrected chi connectivity index (χ0v) is 14.3. The summed E-state index contributed by atoms with van der Waals surface area (Å²) in [6.07, 6.45) is 2.80. The van der Waals surface area contributed by atoms with Crippen LogP contribution in [-0.2, 0) is 24.4 Å². The monoisotopic (exact) mass is 360 g/mol. The SMILES string of the molecule is Cc1ccc(CN(Cc2ccco2)C(=O)Cn2cc(C(=O)O)nn2)s1. The van der Waals surface area contributed by atoms with Crippen LogP contribution in [-0.4, -0.2) is 36.9 Å². The van der Waals surface area contributed by atoms with E-state index in [2.05, 4.69) is 10.3 Å². The smallest absolute Gasteiger partial charge is 0.358 e. The minimum atomic E-state index is -1.18.